The van der Waals surface area contributed by atoms with Crippen molar-refractivity contribution in [1.29, 1.82) is 0 Å². The summed E-state index contributed by atoms with van der Waals surface area (Å²) >= 11 is 1.56. The summed E-state index contributed by atoms with van der Waals surface area (Å²) in [6.45, 7) is 4.83. The summed E-state index contributed by atoms with van der Waals surface area (Å²) in [6, 6.07) is 14.6. The van der Waals surface area contributed by atoms with Crippen LogP contribution in [0.4, 0.5) is 10.8 Å². The molecule has 0 bridgehead atoms. The molecule has 0 amide bonds. The molecule has 5 nitrogen and oxygen atoms in total. The van der Waals surface area contributed by atoms with Crippen molar-refractivity contribution >= 4 is 28.1 Å². The predicted molar refractivity (Wildman–Crippen MR) is 105 cm³/mol. The number of carboxylic acid groups (broad SMARTS) is 1. The number of benzene rings is 2. The van der Waals surface area contributed by atoms with Crippen molar-refractivity contribution < 1.29 is 14.6 Å². The van der Waals surface area contributed by atoms with Gasteiger partial charge in [0.05, 0.1) is 17.9 Å². The molecule has 0 saturated heterocycles. The number of hydrogen-bond donors (Lipinski definition) is 2. The molecule has 0 radical (unpaired) electrons. The Bertz CT molecular complexity index is 886. The minimum absolute atomic E-state index is 0.261. The van der Waals surface area contributed by atoms with E-state index in [-0.39, 0.29) is 5.56 Å². The number of rotatable bonds is 7. The van der Waals surface area contributed by atoms with E-state index >= 15 is 0 Å². The molecular weight excluding hydrogens is 348 g/mol. The quantitative estimate of drug-likeness (QED) is 0.588. The van der Waals surface area contributed by atoms with Gasteiger partial charge < -0.3 is 15.2 Å². The summed E-state index contributed by atoms with van der Waals surface area (Å²) < 4.78 is 5.61. The number of carbonyl (C=O) groups is 1. The van der Waals surface area contributed by atoms with Crippen molar-refractivity contribution in [2.24, 2.45) is 0 Å². The molecule has 0 aliphatic carbocycles. The van der Waals surface area contributed by atoms with E-state index in [1.807, 2.05) is 31.2 Å². The summed E-state index contributed by atoms with van der Waals surface area (Å²) in [6.07, 6.45) is 0.982. The highest BCUT2D eigenvalue weighted by molar-refractivity contribution is 7.16. The van der Waals surface area contributed by atoms with Crippen LogP contribution < -0.4 is 10.1 Å². The van der Waals surface area contributed by atoms with E-state index in [4.69, 9.17) is 9.84 Å². The minimum atomic E-state index is -0.935. The van der Waals surface area contributed by atoms with E-state index < -0.39 is 5.97 Å². The number of aromatic carboxylic acids is 1. The summed E-state index contributed by atoms with van der Waals surface area (Å²) in [5.41, 5.74) is 3.04. The lowest BCUT2D eigenvalue weighted by Gasteiger charge is -2.05. The van der Waals surface area contributed by atoms with Crippen LogP contribution in [0, 0.1) is 6.92 Å². The number of carboxylic acids is 1. The molecule has 0 aliphatic rings. The SMILES string of the molecule is CCCOc1ccc(-c2nc(Nc3ccc(C(=O)O)cc3)sc2C)cc1. The van der Waals surface area contributed by atoms with E-state index in [9.17, 15) is 4.79 Å². The first-order valence-corrected chi connectivity index (χ1v) is 9.19. The summed E-state index contributed by atoms with van der Waals surface area (Å²) in [4.78, 5) is 16.7. The Morgan fingerprint density at radius 2 is 1.85 bits per heavy atom. The molecule has 0 atom stereocenters. The summed E-state index contributed by atoms with van der Waals surface area (Å²) in [5, 5.41) is 13.0. The van der Waals surface area contributed by atoms with Crippen molar-refractivity contribution in [2.45, 2.75) is 20.3 Å². The highest BCUT2D eigenvalue weighted by Gasteiger charge is 2.11. The maximum absolute atomic E-state index is 10.9. The maximum atomic E-state index is 10.9. The van der Waals surface area contributed by atoms with Gasteiger partial charge in [0.15, 0.2) is 5.13 Å². The Balaban J connectivity index is 1.75. The molecule has 2 N–H and O–H groups in total. The van der Waals surface area contributed by atoms with E-state index in [1.165, 1.54) is 0 Å². The molecule has 2 aromatic carbocycles. The molecule has 3 aromatic rings. The van der Waals surface area contributed by atoms with Crippen molar-refractivity contribution in [3.8, 4) is 17.0 Å². The molecule has 134 valence electrons. The average molecular weight is 368 g/mol. The number of thiazole rings is 1. The molecule has 1 heterocycles. The van der Waals surface area contributed by atoms with E-state index in [0.29, 0.717) is 6.61 Å². The normalized spacial score (nSPS) is 10.5. The van der Waals surface area contributed by atoms with Crippen LogP contribution in [-0.2, 0) is 0 Å². The van der Waals surface area contributed by atoms with Gasteiger partial charge in [0, 0.05) is 16.1 Å². The molecule has 1 aromatic heterocycles. The van der Waals surface area contributed by atoms with Crippen LogP contribution in [0.3, 0.4) is 0 Å². The molecule has 0 saturated carbocycles. The lowest BCUT2D eigenvalue weighted by atomic mass is 10.1. The van der Waals surface area contributed by atoms with Crippen LogP contribution in [0.1, 0.15) is 28.6 Å². The second-order valence-corrected chi connectivity index (χ2v) is 7.01. The summed E-state index contributed by atoms with van der Waals surface area (Å²) in [5.74, 6) is -0.0735. The first-order chi connectivity index (χ1) is 12.6. The third kappa shape index (κ3) is 4.21. The third-order valence-electron chi connectivity index (χ3n) is 3.78. The maximum Gasteiger partial charge on any atom is 0.335 e. The second kappa shape index (κ2) is 8.01. The first kappa shape index (κ1) is 17.9. The minimum Gasteiger partial charge on any atom is -0.494 e. The number of nitrogens with one attached hydrogen (secondary N) is 1. The van der Waals surface area contributed by atoms with Crippen LogP contribution in [0.25, 0.3) is 11.3 Å². The predicted octanol–water partition coefficient (Wildman–Crippen LogP) is 5.35. The van der Waals surface area contributed by atoms with Gasteiger partial charge in [-0.3, -0.25) is 0 Å². The fraction of sp³-hybridized carbons (Fsp3) is 0.200. The van der Waals surface area contributed by atoms with Crippen LogP contribution in [0.2, 0.25) is 0 Å². The molecular formula is C20H20N2O3S. The standard InChI is InChI=1S/C20H20N2O3S/c1-3-12-25-17-10-6-14(7-11-17)18-13(2)26-20(22-18)21-16-8-4-15(5-9-16)19(23)24/h4-11H,3,12H2,1-2H3,(H,21,22)(H,23,24). The van der Waals surface area contributed by atoms with Gasteiger partial charge in [0.2, 0.25) is 0 Å². The molecule has 0 unspecified atom stereocenters. The zero-order chi connectivity index (χ0) is 18.5. The van der Waals surface area contributed by atoms with Gasteiger partial charge in [0.1, 0.15) is 5.75 Å². The van der Waals surface area contributed by atoms with Gasteiger partial charge in [-0.2, -0.15) is 0 Å². The first-order valence-electron chi connectivity index (χ1n) is 8.38. The second-order valence-electron chi connectivity index (χ2n) is 5.80. The average Bonchev–Trinajstić information content (AvgIpc) is 3.01. The number of hydrogen-bond acceptors (Lipinski definition) is 5. The van der Waals surface area contributed by atoms with Crippen LogP contribution in [0.15, 0.2) is 48.5 Å². The zero-order valence-electron chi connectivity index (χ0n) is 14.7. The molecule has 0 spiro atoms. The van der Waals surface area contributed by atoms with E-state index in [0.717, 1.165) is 39.1 Å². The number of ether oxygens (including phenoxy) is 1. The van der Waals surface area contributed by atoms with Crippen molar-refractivity contribution in [3.63, 3.8) is 0 Å². The Kier molecular flexibility index (Phi) is 5.53. The van der Waals surface area contributed by atoms with Crippen LogP contribution in [-0.4, -0.2) is 22.7 Å². The van der Waals surface area contributed by atoms with Crippen LogP contribution >= 0.6 is 11.3 Å². The highest BCUT2D eigenvalue weighted by Crippen LogP contribution is 2.32. The van der Waals surface area contributed by atoms with Gasteiger partial charge in [-0.25, -0.2) is 9.78 Å². The summed E-state index contributed by atoms with van der Waals surface area (Å²) in [7, 11) is 0. The number of aryl methyl sites for hydroxylation is 1. The number of anilines is 2. The van der Waals surface area contributed by atoms with Crippen LogP contribution in [0.5, 0.6) is 5.75 Å². The molecule has 0 fully saturated rings. The monoisotopic (exact) mass is 368 g/mol. The third-order valence-corrected chi connectivity index (χ3v) is 4.67. The van der Waals surface area contributed by atoms with Gasteiger partial charge in [-0.15, -0.1) is 11.3 Å². The Morgan fingerprint density at radius 3 is 2.46 bits per heavy atom. The highest BCUT2D eigenvalue weighted by atomic mass is 32.1. The van der Waals surface area contributed by atoms with Gasteiger partial charge in [-0.1, -0.05) is 6.92 Å². The van der Waals surface area contributed by atoms with Crippen molar-refractivity contribution in [2.75, 3.05) is 11.9 Å². The Morgan fingerprint density at radius 1 is 1.15 bits per heavy atom. The Labute approximate surface area is 156 Å². The van der Waals surface area contributed by atoms with Crippen molar-refractivity contribution in [3.05, 3.63) is 59.0 Å². The molecule has 3 rings (SSSR count). The fourth-order valence-corrected chi connectivity index (χ4v) is 3.32. The van der Waals surface area contributed by atoms with Crippen molar-refractivity contribution in [1.82, 2.24) is 4.98 Å². The topological polar surface area (TPSA) is 71.5 Å². The van der Waals surface area contributed by atoms with Gasteiger partial charge >= 0.3 is 5.97 Å². The lowest BCUT2D eigenvalue weighted by Crippen LogP contribution is -1.96. The largest absolute Gasteiger partial charge is 0.494 e. The number of nitrogens with zero attached hydrogens (tertiary/aromatic N) is 1. The Hall–Kier alpha value is -2.86. The fourth-order valence-electron chi connectivity index (χ4n) is 2.47. The molecule has 6 heteroatoms. The smallest absolute Gasteiger partial charge is 0.335 e. The van der Waals surface area contributed by atoms with E-state index in [2.05, 4.69) is 17.2 Å². The molecule has 26 heavy (non-hydrogen) atoms. The molecule has 0 aliphatic heterocycles. The number of aromatic nitrogens is 1. The van der Waals surface area contributed by atoms with E-state index in [1.54, 1.807) is 35.6 Å². The van der Waals surface area contributed by atoms with Gasteiger partial charge in [0.25, 0.3) is 0 Å². The van der Waals surface area contributed by atoms with Gasteiger partial charge in [-0.05, 0) is 61.9 Å². The zero-order valence-corrected chi connectivity index (χ0v) is 15.5. The lowest BCUT2D eigenvalue weighted by molar-refractivity contribution is 0.0697.